The summed E-state index contributed by atoms with van der Waals surface area (Å²) in [6, 6.07) is 0. The summed E-state index contributed by atoms with van der Waals surface area (Å²) in [6.07, 6.45) is 1.00. The van der Waals surface area contributed by atoms with Crippen LogP contribution in [0.4, 0.5) is 0 Å². The summed E-state index contributed by atoms with van der Waals surface area (Å²) in [6.45, 7) is 2.11. The van der Waals surface area contributed by atoms with Gasteiger partial charge in [0.2, 0.25) is 0 Å². The van der Waals surface area contributed by atoms with Gasteiger partial charge in [-0.3, -0.25) is 4.79 Å². The minimum absolute atomic E-state index is 0.228. The minimum atomic E-state index is -0.233. The van der Waals surface area contributed by atoms with Gasteiger partial charge in [0.05, 0.1) is 6.61 Å². The van der Waals surface area contributed by atoms with Gasteiger partial charge in [0.1, 0.15) is 0 Å². The second-order valence-electron chi connectivity index (χ2n) is 2.74. The minimum Gasteiger partial charge on any atom is -0.466 e. The number of ether oxygens (including phenoxy) is 1. The summed E-state index contributed by atoms with van der Waals surface area (Å²) < 4.78 is 4.75. The van der Waals surface area contributed by atoms with Gasteiger partial charge in [0, 0.05) is 13.5 Å². The number of hydrogen-bond donors (Lipinski definition) is 1. The maximum atomic E-state index is 10.3. The van der Waals surface area contributed by atoms with E-state index in [9.17, 15) is 4.79 Å². The van der Waals surface area contributed by atoms with Crippen LogP contribution in [0.5, 0.6) is 0 Å². The average molecular weight is 144 g/mol. The Morgan fingerprint density at radius 1 is 1.70 bits per heavy atom. The highest BCUT2D eigenvalue weighted by molar-refractivity contribution is 5.65. The number of rotatable bonds is 3. The molecule has 3 heteroatoms. The zero-order chi connectivity index (χ0) is 7.56. The highest BCUT2D eigenvalue weighted by Gasteiger charge is 2.36. The molecule has 10 heavy (non-hydrogen) atoms. The van der Waals surface area contributed by atoms with Crippen LogP contribution in [0.1, 0.15) is 13.3 Å². The normalized spacial score (nSPS) is 29.8. The standard InChI is InChI=1S/C7H12O3/c1-5(9)10-4-7-2-6(7)3-8/h6-8H,2-4H2,1H3/t6-,7+/m1/s1. The van der Waals surface area contributed by atoms with Crippen molar-refractivity contribution >= 4 is 5.97 Å². The quantitative estimate of drug-likeness (QED) is 0.575. The summed E-state index contributed by atoms with van der Waals surface area (Å²) in [4.78, 5) is 10.3. The van der Waals surface area contributed by atoms with Crippen LogP contribution < -0.4 is 0 Å². The van der Waals surface area contributed by atoms with Crippen molar-refractivity contribution in [2.24, 2.45) is 11.8 Å². The third kappa shape index (κ3) is 1.99. The molecule has 0 amide bonds. The zero-order valence-corrected chi connectivity index (χ0v) is 6.04. The largest absolute Gasteiger partial charge is 0.466 e. The van der Waals surface area contributed by atoms with Gasteiger partial charge < -0.3 is 9.84 Å². The molecule has 0 spiro atoms. The molecule has 1 aliphatic rings. The van der Waals surface area contributed by atoms with E-state index < -0.39 is 0 Å². The fraction of sp³-hybridized carbons (Fsp3) is 0.857. The van der Waals surface area contributed by atoms with Crippen molar-refractivity contribution in [1.29, 1.82) is 0 Å². The molecule has 0 bridgehead atoms. The highest BCUT2D eigenvalue weighted by atomic mass is 16.5. The van der Waals surface area contributed by atoms with Crippen molar-refractivity contribution in [3.63, 3.8) is 0 Å². The van der Waals surface area contributed by atoms with E-state index in [0.717, 1.165) is 6.42 Å². The van der Waals surface area contributed by atoms with E-state index in [2.05, 4.69) is 0 Å². The lowest BCUT2D eigenvalue weighted by atomic mass is 10.3. The Morgan fingerprint density at radius 3 is 2.80 bits per heavy atom. The smallest absolute Gasteiger partial charge is 0.302 e. The van der Waals surface area contributed by atoms with Gasteiger partial charge in [-0.25, -0.2) is 0 Å². The monoisotopic (exact) mass is 144 g/mol. The fourth-order valence-corrected chi connectivity index (χ4v) is 0.962. The predicted molar refractivity (Wildman–Crippen MR) is 35.3 cm³/mol. The summed E-state index contributed by atoms with van der Waals surface area (Å²) in [5, 5.41) is 8.60. The Bertz CT molecular complexity index is 133. The van der Waals surface area contributed by atoms with Crippen LogP contribution in [-0.2, 0) is 9.53 Å². The van der Waals surface area contributed by atoms with Crippen molar-refractivity contribution < 1.29 is 14.6 Å². The molecule has 1 fully saturated rings. The molecule has 1 aliphatic carbocycles. The van der Waals surface area contributed by atoms with Crippen LogP contribution in [0, 0.1) is 11.8 Å². The van der Waals surface area contributed by atoms with Crippen molar-refractivity contribution in [3.05, 3.63) is 0 Å². The van der Waals surface area contributed by atoms with Crippen LogP contribution in [-0.4, -0.2) is 24.3 Å². The molecule has 2 atom stereocenters. The second-order valence-corrected chi connectivity index (χ2v) is 2.74. The Balaban J connectivity index is 2.01. The maximum absolute atomic E-state index is 10.3. The maximum Gasteiger partial charge on any atom is 0.302 e. The summed E-state index contributed by atoms with van der Waals surface area (Å²) in [5.41, 5.74) is 0. The summed E-state index contributed by atoms with van der Waals surface area (Å²) >= 11 is 0. The lowest BCUT2D eigenvalue weighted by Crippen LogP contribution is -2.03. The summed E-state index contributed by atoms with van der Waals surface area (Å²) in [5.74, 6) is 0.580. The third-order valence-corrected chi connectivity index (χ3v) is 1.80. The van der Waals surface area contributed by atoms with Gasteiger partial charge >= 0.3 is 5.97 Å². The Morgan fingerprint density at radius 2 is 2.40 bits per heavy atom. The molecule has 58 valence electrons. The van der Waals surface area contributed by atoms with E-state index in [1.807, 2.05) is 0 Å². The van der Waals surface area contributed by atoms with Gasteiger partial charge in [0.25, 0.3) is 0 Å². The predicted octanol–water partition coefficient (Wildman–Crippen LogP) is 0.178. The van der Waals surface area contributed by atoms with E-state index in [-0.39, 0.29) is 12.6 Å². The first kappa shape index (κ1) is 7.54. The molecule has 0 saturated heterocycles. The van der Waals surface area contributed by atoms with Crippen molar-refractivity contribution in [3.8, 4) is 0 Å². The van der Waals surface area contributed by atoms with E-state index in [0.29, 0.717) is 18.4 Å². The fourth-order valence-electron chi connectivity index (χ4n) is 0.962. The van der Waals surface area contributed by atoms with Crippen LogP contribution in [0.3, 0.4) is 0 Å². The Labute approximate surface area is 60.0 Å². The number of esters is 1. The van der Waals surface area contributed by atoms with Crippen molar-refractivity contribution in [1.82, 2.24) is 0 Å². The molecule has 0 unspecified atom stereocenters. The molecule has 0 aromatic rings. The second kappa shape index (κ2) is 3.01. The lowest BCUT2D eigenvalue weighted by molar-refractivity contribution is -0.141. The van der Waals surface area contributed by atoms with E-state index in [4.69, 9.17) is 9.84 Å². The lowest BCUT2D eigenvalue weighted by Gasteiger charge is -1.98. The molecular formula is C7H12O3. The Kier molecular flexibility index (Phi) is 2.27. The molecule has 0 aliphatic heterocycles. The molecule has 1 rings (SSSR count). The van der Waals surface area contributed by atoms with E-state index in [1.54, 1.807) is 0 Å². The first-order valence-electron chi connectivity index (χ1n) is 3.48. The molecule has 1 N–H and O–H groups in total. The molecule has 0 aromatic carbocycles. The van der Waals surface area contributed by atoms with E-state index >= 15 is 0 Å². The molecule has 0 radical (unpaired) electrons. The molecule has 1 saturated carbocycles. The molecule has 0 heterocycles. The van der Waals surface area contributed by atoms with Crippen molar-refractivity contribution in [2.75, 3.05) is 13.2 Å². The topological polar surface area (TPSA) is 46.5 Å². The van der Waals surface area contributed by atoms with E-state index in [1.165, 1.54) is 6.92 Å². The van der Waals surface area contributed by atoms with Crippen LogP contribution >= 0.6 is 0 Å². The van der Waals surface area contributed by atoms with Crippen LogP contribution in [0.2, 0.25) is 0 Å². The first-order chi connectivity index (χ1) is 4.74. The van der Waals surface area contributed by atoms with Crippen LogP contribution in [0.15, 0.2) is 0 Å². The Hall–Kier alpha value is -0.570. The van der Waals surface area contributed by atoms with Gasteiger partial charge in [0.15, 0.2) is 0 Å². The first-order valence-corrected chi connectivity index (χ1v) is 3.48. The molecule has 0 aromatic heterocycles. The summed E-state index contributed by atoms with van der Waals surface area (Å²) in [7, 11) is 0. The van der Waals surface area contributed by atoms with Gasteiger partial charge in [-0.1, -0.05) is 0 Å². The number of carbonyl (C=O) groups is 1. The average Bonchev–Trinajstić information content (AvgIpc) is 2.61. The zero-order valence-electron chi connectivity index (χ0n) is 6.04. The number of hydrogen-bond acceptors (Lipinski definition) is 3. The van der Waals surface area contributed by atoms with Gasteiger partial charge in [-0.15, -0.1) is 0 Å². The SMILES string of the molecule is CC(=O)OC[C@@H]1C[C@@H]1CO. The molecule has 3 nitrogen and oxygen atoms in total. The van der Waals surface area contributed by atoms with Crippen molar-refractivity contribution in [2.45, 2.75) is 13.3 Å². The van der Waals surface area contributed by atoms with Gasteiger partial charge in [-0.05, 0) is 18.3 Å². The van der Waals surface area contributed by atoms with Gasteiger partial charge in [-0.2, -0.15) is 0 Å². The number of aliphatic hydroxyl groups excluding tert-OH is 1. The number of carbonyl (C=O) groups excluding carboxylic acids is 1. The number of aliphatic hydroxyl groups is 1. The van der Waals surface area contributed by atoms with Crippen LogP contribution in [0.25, 0.3) is 0 Å². The third-order valence-electron chi connectivity index (χ3n) is 1.80. The molecular weight excluding hydrogens is 132 g/mol. The highest BCUT2D eigenvalue weighted by Crippen LogP contribution is 2.37.